The first kappa shape index (κ1) is 13.2. The van der Waals surface area contributed by atoms with Gasteiger partial charge in [-0.1, -0.05) is 29.8 Å². The standard InChI is InChI=1S/C14H10ClFN2O/c15-12-3-1-2-11(8-12)14(19)18-17-9-10-4-6-13(16)7-5-10/h1-9H,(H,18,19). The van der Waals surface area contributed by atoms with E-state index in [4.69, 9.17) is 11.6 Å². The molecule has 0 aliphatic carbocycles. The van der Waals surface area contributed by atoms with Gasteiger partial charge in [-0.05, 0) is 35.9 Å². The fraction of sp³-hybridized carbons (Fsp3) is 0. The Hall–Kier alpha value is -2.20. The van der Waals surface area contributed by atoms with Gasteiger partial charge in [0, 0.05) is 10.6 Å². The molecule has 19 heavy (non-hydrogen) atoms. The van der Waals surface area contributed by atoms with Gasteiger partial charge in [-0.2, -0.15) is 5.10 Å². The lowest BCUT2D eigenvalue weighted by atomic mass is 10.2. The minimum atomic E-state index is -0.360. The van der Waals surface area contributed by atoms with Crippen molar-refractivity contribution in [2.75, 3.05) is 0 Å². The molecule has 0 spiro atoms. The molecule has 2 aromatic rings. The van der Waals surface area contributed by atoms with Crippen molar-refractivity contribution >= 4 is 23.7 Å². The molecule has 0 radical (unpaired) electrons. The molecule has 3 nitrogen and oxygen atoms in total. The van der Waals surface area contributed by atoms with Crippen LogP contribution in [-0.2, 0) is 0 Å². The number of benzene rings is 2. The smallest absolute Gasteiger partial charge is 0.267 e. The van der Waals surface area contributed by atoms with Crippen molar-refractivity contribution in [1.29, 1.82) is 0 Å². The number of nitrogens with one attached hydrogen (secondary N) is 1. The van der Waals surface area contributed by atoms with E-state index < -0.39 is 0 Å². The van der Waals surface area contributed by atoms with Gasteiger partial charge in [0.1, 0.15) is 5.82 Å². The Bertz CT molecular complexity index is 611. The van der Waals surface area contributed by atoms with E-state index in [0.717, 1.165) is 0 Å². The number of carbonyl (C=O) groups excluding carboxylic acids is 1. The number of hydrogen-bond acceptors (Lipinski definition) is 2. The Morgan fingerprint density at radius 3 is 2.63 bits per heavy atom. The van der Waals surface area contributed by atoms with Crippen LogP contribution in [0.4, 0.5) is 4.39 Å². The fourth-order valence-corrected chi connectivity index (χ4v) is 1.60. The van der Waals surface area contributed by atoms with E-state index in [9.17, 15) is 9.18 Å². The number of amides is 1. The van der Waals surface area contributed by atoms with Gasteiger partial charge in [-0.15, -0.1) is 0 Å². The highest BCUT2D eigenvalue weighted by atomic mass is 35.5. The van der Waals surface area contributed by atoms with Crippen molar-refractivity contribution in [1.82, 2.24) is 5.43 Å². The SMILES string of the molecule is O=C(NN=Cc1ccc(F)cc1)c1cccc(Cl)c1. The van der Waals surface area contributed by atoms with Crippen LogP contribution >= 0.6 is 11.6 Å². The van der Waals surface area contributed by atoms with Gasteiger partial charge in [0.2, 0.25) is 0 Å². The van der Waals surface area contributed by atoms with Gasteiger partial charge in [-0.3, -0.25) is 4.79 Å². The van der Waals surface area contributed by atoms with Gasteiger partial charge in [0.05, 0.1) is 6.21 Å². The second-order valence-corrected chi connectivity index (χ2v) is 4.20. The van der Waals surface area contributed by atoms with E-state index in [2.05, 4.69) is 10.5 Å². The van der Waals surface area contributed by atoms with Gasteiger partial charge in [0.15, 0.2) is 0 Å². The molecule has 1 amide bonds. The summed E-state index contributed by atoms with van der Waals surface area (Å²) in [6.07, 6.45) is 1.43. The molecule has 0 fully saturated rings. The molecule has 5 heteroatoms. The average Bonchev–Trinajstić information content (AvgIpc) is 2.41. The molecule has 2 rings (SSSR count). The maximum absolute atomic E-state index is 12.7. The first-order valence-corrected chi connectivity index (χ1v) is 5.87. The lowest BCUT2D eigenvalue weighted by molar-refractivity contribution is 0.0955. The highest BCUT2D eigenvalue weighted by Crippen LogP contribution is 2.10. The van der Waals surface area contributed by atoms with Crippen LogP contribution in [0.1, 0.15) is 15.9 Å². The van der Waals surface area contributed by atoms with E-state index in [1.54, 1.807) is 36.4 Å². The Morgan fingerprint density at radius 1 is 1.21 bits per heavy atom. The number of nitrogens with zero attached hydrogens (tertiary/aromatic N) is 1. The molecular weight excluding hydrogens is 267 g/mol. The summed E-state index contributed by atoms with van der Waals surface area (Å²) in [5, 5.41) is 4.27. The molecule has 0 aromatic heterocycles. The molecule has 0 saturated carbocycles. The topological polar surface area (TPSA) is 41.5 Å². The summed E-state index contributed by atoms with van der Waals surface area (Å²) in [5.41, 5.74) is 3.48. The lowest BCUT2D eigenvalue weighted by Crippen LogP contribution is -2.17. The summed E-state index contributed by atoms with van der Waals surface area (Å²) < 4.78 is 12.7. The van der Waals surface area contributed by atoms with Crippen molar-refractivity contribution < 1.29 is 9.18 Å². The third-order valence-electron chi connectivity index (χ3n) is 2.34. The minimum absolute atomic E-state index is 0.319. The summed E-state index contributed by atoms with van der Waals surface area (Å²) in [6, 6.07) is 12.3. The summed E-state index contributed by atoms with van der Waals surface area (Å²) >= 11 is 5.78. The zero-order chi connectivity index (χ0) is 13.7. The largest absolute Gasteiger partial charge is 0.271 e. The van der Waals surface area contributed by atoms with Crippen LogP contribution < -0.4 is 5.43 Å². The van der Waals surface area contributed by atoms with Crippen LogP contribution in [0.2, 0.25) is 5.02 Å². The van der Waals surface area contributed by atoms with Crippen LogP contribution in [0.3, 0.4) is 0 Å². The molecule has 0 atom stereocenters. The average molecular weight is 277 g/mol. The van der Waals surface area contributed by atoms with Crippen molar-refractivity contribution in [3.05, 3.63) is 70.5 Å². The molecule has 0 bridgehead atoms. The van der Waals surface area contributed by atoms with Gasteiger partial charge in [-0.25, -0.2) is 9.82 Å². The fourth-order valence-electron chi connectivity index (χ4n) is 1.41. The van der Waals surface area contributed by atoms with Crippen LogP contribution in [-0.4, -0.2) is 12.1 Å². The highest BCUT2D eigenvalue weighted by Gasteiger charge is 2.03. The zero-order valence-corrected chi connectivity index (χ0v) is 10.6. The molecule has 0 unspecified atom stereocenters. The molecule has 0 saturated heterocycles. The molecule has 2 aromatic carbocycles. The van der Waals surface area contributed by atoms with Gasteiger partial charge >= 0.3 is 0 Å². The van der Waals surface area contributed by atoms with E-state index in [1.165, 1.54) is 18.3 Å². The van der Waals surface area contributed by atoms with Gasteiger partial charge < -0.3 is 0 Å². The van der Waals surface area contributed by atoms with Crippen LogP contribution in [0.25, 0.3) is 0 Å². The number of hydrazone groups is 1. The zero-order valence-electron chi connectivity index (χ0n) is 9.81. The second-order valence-electron chi connectivity index (χ2n) is 3.76. The predicted octanol–water partition coefficient (Wildman–Crippen LogP) is 3.24. The maximum Gasteiger partial charge on any atom is 0.271 e. The van der Waals surface area contributed by atoms with Crippen molar-refractivity contribution in [3.8, 4) is 0 Å². The normalized spacial score (nSPS) is 10.6. The van der Waals surface area contributed by atoms with Crippen LogP contribution in [0.15, 0.2) is 53.6 Å². The van der Waals surface area contributed by atoms with Crippen molar-refractivity contribution in [3.63, 3.8) is 0 Å². The molecule has 1 N–H and O–H groups in total. The van der Waals surface area contributed by atoms with E-state index >= 15 is 0 Å². The monoisotopic (exact) mass is 276 g/mol. The van der Waals surface area contributed by atoms with Gasteiger partial charge in [0.25, 0.3) is 5.91 Å². The van der Waals surface area contributed by atoms with Crippen LogP contribution in [0, 0.1) is 5.82 Å². The summed E-state index contributed by atoms with van der Waals surface area (Å²) in [4.78, 5) is 11.7. The summed E-state index contributed by atoms with van der Waals surface area (Å²) in [5.74, 6) is -0.680. The lowest BCUT2D eigenvalue weighted by Gasteiger charge is -2.00. The number of hydrogen-bond donors (Lipinski definition) is 1. The Kier molecular flexibility index (Phi) is 4.26. The summed E-state index contributed by atoms with van der Waals surface area (Å²) in [6.45, 7) is 0. The number of carbonyl (C=O) groups is 1. The van der Waals surface area contributed by atoms with E-state index in [-0.39, 0.29) is 11.7 Å². The molecule has 0 aliphatic heterocycles. The number of halogens is 2. The first-order valence-electron chi connectivity index (χ1n) is 5.50. The maximum atomic E-state index is 12.7. The highest BCUT2D eigenvalue weighted by molar-refractivity contribution is 6.30. The van der Waals surface area contributed by atoms with Crippen molar-refractivity contribution in [2.24, 2.45) is 5.10 Å². The second kappa shape index (κ2) is 6.11. The predicted molar refractivity (Wildman–Crippen MR) is 72.9 cm³/mol. The summed E-state index contributed by atoms with van der Waals surface area (Å²) in [7, 11) is 0. The minimum Gasteiger partial charge on any atom is -0.267 e. The molecule has 0 heterocycles. The molecular formula is C14H10ClFN2O. The molecule has 96 valence electrons. The van der Waals surface area contributed by atoms with Crippen molar-refractivity contribution in [2.45, 2.75) is 0 Å². The Labute approximate surface area is 114 Å². The third kappa shape index (κ3) is 3.89. The van der Waals surface area contributed by atoms with Crippen LogP contribution in [0.5, 0.6) is 0 Å². The first-order chi connectivity index (χ1) is 9.15. The Morgan fingerprint density at radius 2 is 1.95 bits per heavy atom. The third-order valence-corrected chi connectivity index (χ3v) is 2.57. The van der Waals surface area contributed by atoms with E-state index in [1.807, 2.05) is 0 Å². The molecule has 0 aliphatic rings. The Balaban J connectivity index is 1.98. The quantitative estimate of drug-likeness (QED) is 0.679. The van der Waals surface area contributed by atoms with E-state index in [0.29, 0.717) is 16.1 Å². The number of rotatable bonds is 3.